The molecule has 0 radical (unpaired) electrons. The van der Waals surface area contributed by atoms with Crippen LogP contribution in [-0.4, -0.2) is 35.4 Å². The van der Waals surface area contributed by atoms with Gasteiger partial charge < -0.3 is 24.4 Å². The lowest BCUT2D eigenvalue weighted by Gasteiger charge is -2.21. The van der Waals surface area contributed by atoms with Gasteiger partial charge in [0.25, 0.3) is 0 Å². The van der Waals surface area contributed by atoms with E-state index >= 15 is 0 Å². The van der Waals surface area contributed by atoms with Gasteiger partial charge in [-0.25, -0.2) is 4.79 Å². The zero-order chi connectivity index (χ0) is 18.6. The predicted molar refractivity (Wildman–Crippen MR) is 86.6 cm³/mol. The Labute approximate surface area is 145 Å². The van der Waals surface area contributed by atoms with E-state index in [4.69, 9.17) is 14.2 Å². The summed E-state index contributed by atoms with van der Waals surface area (Å²) in [5, 5.41) is 42.0. The van der Waals surface area contributed by atoms with Gasteiger partial charge in [-0.2, -0.15) is 0 Å². The molecule has 0 fully saturated rings. The first-order valence-corrected chi connectivity index (χ1v) is 7.42. The van der Waals surface area contributed by atoms with Gasteiger partial charge in [0.05, 0.1) is 12.7 Å². The largest absolute Gasteiger partial charge is 0.870 e. The highest BCUT2D eigenvalue weighted by Gasteiger charge is 2.27. The molecule has 0 spiro atoms. The van der Waals surface area contributed by atoms with Crippen molar-refractivity contribution in [3.8, 4) is 23.0 Å². The van der Waals surface area contributed by atoms with Crippen LogP contribution in [0.25, 0.3) is 21.5 Å². The van der Waals surface area contributed by atoms with Gasteiger partial charge in [-0.3, -0.25) is 10.4 Å². The van der Waals surface area contributed by atoms with Gasteiger partial charge in [-0.15, -0.1) is 5.23 Å². The molecule has 1 aliphatic rings. The van der Waals surface area contributed by atoms with E-state index in [0.29, 0.717) is 5.39 Å². The normalized spacial score (nSPS) is 12.6. The van der Waals surface area contributed by atoms with E-state index < -0.39 is 11.7 Å². The molecule has 0 atom stereocenters. The van der Waals surface area contributed by atoms with Gasteiger partial charge in [0.2, 0.25) is 6.79 Å². The van der Waals surface area contributed by atoms with Crippen molar-refractivity contribution in [3.63, 3.8) is 0 Å². The zero-order valence-electron chi connectivity index (χ0n) is 13.3. The fourth-order valence-corrected chi connectivity index (χ4v) is 3.20. The summed E-state index contributed by atoms with van der Waals surface area (Å²) >= 11 is 0. The molecule has 9 nitrogen and oxygen atoms in total. The van der Waals surface area contributed by atoms with Crippen LogP contribution in [0, 0.1) is 0 Å². The van der Waals surface area contributed by atoms with Crippen LogP contribution >= 0.6 is 0 Å². The fourth-order valence-electron chi connectivity index (χ4n) is 3.20. The number of methoxy groups -OCH3 is 1. The second-order valence-electron chi connectivity index (χ2n) is 5.59. The Hall–Kier alpha value is -3.43. The smallest absolute Gasteiger partial charge is 0.336 e. The van der Waals surface area contributed by atoms with E-state index in [2.05, 4.69) is 0 Å². The minimum Gasteiger partial charge on any atom is -0.870 e. The van der Waals surface area contributed by atoms with E-state index in [1.54, 1.807) is 6.07 Å². The third-order valence-corrected chi connectivity index (χ3v) is 4.30. The Balaban J connectivity index is 2.30. The average molecular weight is 358 g/mol. The van der Waals surface area contributed by atoms with Crippen LogP contribution in [0.2, 0.25) is 0 Å². The van der Waals surface area contributed by atoms with Crippen molar-refractivity contribution >= 4 is 33.2 Å². The highest BCUT2D eigenvalue weighted by atomic mass is 16.8. The molecular weight excluding hydrogens is 346 g/mol. The highest BCUT2D eigenvalue weighted by Crippen LogP contribution is 2.49. The standard InChI is InChI=1S/C17H13NO8/c1-24-11-3-2-7-8(15(11)19)4-10(18(22)23)13-9(17(20)21)5-12-16(14(7)13)26-6-25-12/h2-5,19,22-23H,6H2,1H3,(H,20,21)/p-1. The summed E-state index contributed by atoms with van der Waals surface area (Å²) in [4.78, 5) is 11.7. The summed E-state index contributed by atoms with van der Waals surface area (Å²) in [5.41, 5.74) is -0.508. The number of hydrogen-bond donors (Lipinski definition) is 3. The molecule has 3 aromatic rings. The summed E-state index contributed by atoms with van der Waals surface area (Å²) in [5.74, 6) is -1.30. The van der Waals surface area contributed by atoms with Gasteiger partial charge in [0, 0.05) is 10.8 Å². The maximum absolute atomic E-state index is 12.6. The molecule has 0 saturated heterocycles. The van der Waals surface area contributed by atoms with Crippen molar-refractivity contribution in [3.05, 3.63) is 29.8 Å². The molecule has 0 aliphatic carbocycles. The fraction of sp³-hybridized carbons (Fsp3) is 0.118. The number of ether oxygens (including phenoxy) is 3. The average Bonchev–Trinajstić information content (AvgIpc) is 3.08. The van der Waals surface area contributed by atoms with Crippen LogP contribution in [-0.2, 0) is 0 Å². The minimum absolute atomic E-state index is 0.00353. The molecule has 0 unspecified atom stereocenters. The van der Waals surface area contributed by atoms with Gasteiger partial charge in [-0.05, 0) is 35.0 Å². The molecule has 9 heteroatoms. The number of carboxylic acid groups (broad SMARTS) is 1. The lowest BCUT2D eigenvalue weighted by Crippen LogP contribution is -2.13. The summed E-state index contributed by atoms with van der Waals surface area (Å²) in [7, 11) is 1.34. The van der Waals surface area contributed by atoms with Crippen LogP contribution < -0.4 is 24.5 Å². The molecule has 3 N–H and O–H groups in total. The lowest BCUT2D eigenvalue weighted by molar-refractivity contribution is -0.267. The van der Waals surface area contributed by atoms with Crippen LogP contribution in [0.5, 0.6) is 23.0 Å². The minimum atomic E-state index is -1.30. The molecule has 0 aromatic heterocycles. The van der Waals surface area contributed by atoms with Crippen molar-refractivity contribution < 1.29 is 39.6 Å². The number of carboxylic acids is 1. The lowest BCUT2D eigenvalue weighted by atomic mass is 9.94. The van der Waals surface area contributed by atoms with Crippen LogP contribution in [0.4, 0.5) is 5.69 Å². The Bertz CT molecular complexity index is 1080. The Kier molecular flexibility index (Phi) is 3.43. The number of aromatic carboxylic acids is 1. The van der Waals surface area contributed by atoms with Crippen molar-refractivity contribution in [2.75, 3.05) is 19.1 Å². The molecular formula is C17H12NO8-. The quantitative estimate of drug-likeness (QED) is 0.475. The first-order chi connectivity index (χ1) is 12.4. The topological polar surface area (TPSA) is 132 Å². The van der Waals surface area contributed by atoms with E-state index in [1.807, 2.05) is 0 Å². The summed E-state index contributed by atoms with van der Waals surface area (Å²) in [6, 6.07) is 5.47. The molecule has 0 amide bonds. The Morgan fingerprint density at radius 3 is 2.62 bits per heavy atom. The SMILES string of the molecule is COc1ccc2c(cc(N(O)O)c3c(C(=O)O)cc4c(c32)OCO4)c1[O-]. The number of nitrogens with zero attached hydrogens (tertiary/aromatic N) is 1. The summed E-state index contributed by atoms with van der Waals surface area (Å²) in [6.45, 7) is -0.123. The van der Waals surface area contributed by atoms with Crippen molar-refractivity contribution in [1.82, 2.24) is 0 Å². The summed E-state index contributed by atoms with van der Waals surface area (Å²) in [6.07, 6.45) is 0. The molecule has 3 aromatic carbocycles. The van der Waals surface area contributed by atoms with Gasteiger partial charge >= 0.3 is 5.97 Å². The van der Waals surface area contributed by atoms with Crippen LogP contribution in [0.3, 0.4) is 0 Å². The maximum Gasteiger partial charge on any atom is 0.336 e. The molecule has 0 saturated carbocycles. The summed E-state index contributed by atoms with van der Waals surface area (Å²) < 4.78 is 15.8. The van der Waals surface area contributed by atoms with Crippen molar-refractivity contribution in [2.45, 2.75) is 0 Å². The van der Waals surface area contributed by atoms with Gasteiger partial charge in [0.1, 0.15) is 11.4 Å². The number of carbonyl (C=O) groups is 1. The Morgan fingerprint density at radius 1 is 1.19 bits per heavy atom. The van der Waals surface area contributed by atoms with Crippen LogP contribution in [0.15, 0.2) is 24.3 Å². The highest BCUT2D eigenvalue weighted by molar-refractivity contribution is 6.23. The van der Waals surface area contributed by atoms with E-state index in [-0.39, 0.29) is 56.7 Å². The molecule has 1 aliphatic heterocycles. The van der Waals surface area contributed by atoms with E-state index in [0.717, 1.165) is 0 Å². The predicted octanol–water partition coefficient (Wildman–Crippen LogP) is 2.09. The third-order valence-electron chi connectivity index (χ3n) is 4.30. The molecule has 0 bridgehead atoms. The third kappa shape index (κ3) is 2.08. The monoisotopic (exact) mass is 358 g/mol. The van der Waals surface area contributed by atoms with Gasteiger partial charge in [-0.1, -0.05) is 5.75 Å². The number of anilines is 1. The molecule has 134 valence electrons. The molecule has 4 rings (SSSR count). The number of rotatable bonds is 3. The Morgan fingerprint density at radius 2 is 1.96 bits per heavy atom. The second kappa shape index (κ2) is 5.55. The van der Waals surface area contributed by atoms with Crippen LogP contribution in [0.1, 0.15) is 10.4 Å². The zero-order valence-corrected chi connectivity index (χ0v) is 13.3. The number of benzene rings is 3. The maximum atomic E-state index is 12.6. The molecule has 26 heavy (non-hydrogen) atoms. The molecule has 1 heterocycles. The van der Waals surface area contributed by atoms with E-state index in [9.17, 15) is 25.4 Å². The number of fused-ring (bicyclic) bond motifs is 5. The number of hydrogen-bond acceptors (Lipinski definition) is 8. The first-order valence-electron chi connectivity index (χ1n) is 7.42. The van der Waals surface area contributed by atoms with Crippen molar-refractivity contribution in [1.29, 1.82) is 0 Å². The second-order valence-corrected chi connectivity index (χ2v) is 5.59. The van der Waals surface area contributed by atoms with E-state index in [1.165, 1.54) is 25.3 Å². The van der Waals surface area contributed by atoms with Crippen molar-refractivity contribution in [2.24, 2.45) is 0 Å². The first kappa shape index (κ1) is 16.1. The van der Waals surface area contributed by atoms with Gasteiger partial charge in [0.15, 0.2) is 11.5 Å².